The van der Waals surface area contributed by atoms with Gasteiger partial charge in [0.2, 0.25) is 0 Å². The monoisotopic (exact) mass is 220 g/mol. The molecule has 0 aromatic heterocycles. The van der Waals surface area contributed by atoms with Crippen molar-refractivity contribution in [2.75, 3.05) is 5.32 Å². The number of nitrogens with one attached hydrogen (secondary N) is 2. The first-order valence-corrected chi connectivity index (χ1v) is 5.71. The van der Waals surface area contributed by atoms with E-state index in [1.807, 2.05) is 0 Å². The molecule has 2 nitrogen and oxygen atoms in total. The maximum Gasteiger partial charge on any atom is 0.171 e. The Bertz CT molecular complexity index is 383. The highest BCUT2D eigenvalue weighted by atomic mass is 32.1. The maximum atomic E-state index is 5.23. The van der Waals surface area contributed by atoms with E-state index in [4.69, 9.17) is 12.2 Å². The molecule has 0 spiro atoms. The number of hydrogen-bond donors (Lipinski definition) is 2. The van der Waals surface area contributed by atoms with Gasteiger partial charge < -0.3 is 10.6 Å². The van der Waals surface area contributed by atoms with Crippen LogP contribution >= 0.6 is 12.2 Å². The van der Waals surface area contributed by atoms with Gasteiger partial charge >= 0.3 is 0 Å². The van der Waals surface area contributed by atoms with Crippen LogP contribution in [0.25, 0.3) is 0 Å². The third-order valence-corrected chi connectivity index (χ3v) is 2.77. The highest BCUT2D eigenvalue weighted by molar-refractivity contribution is 7.80. The Morgan fingerprint density at radius 2 is 2.07 bits per heavy atom. The minimum atomic E-state index is 0.607. The normalized spacial score (nSPS) is 14.8. The van der Waals surface area contributed by atoms with Crippen LogP contribution in [0.15, 0.2) is 18.2 Å². The van der Waals surface area contributed by atoms with E-state index in [0.29, 0.717) is 6.04 Å². The molecule has 0 amide bonds. The standard InChI is InChI=1S/C12H16N2S/c1-8-3-4-9(2)11(7-8)14-12(15)13-10-5-6-10/h3-4,7,10H,5-6H2,1-2H3,(H2,13,14,15). The predicted octanol–water partition coefficient (Wildman–Crippen LogP) is 2.75. The van der Waals surface area contributed by atoms with Crippen molar-refractivity contribution in [2.45, 2.75) is 32.7 Å². The molecule has 80 valence electrons. The van der Waals surface area contributed by atoms with Crippen LogP contribution in [0, 0.1) is 13.8 Å². The van der Waals surface area contributed by atoms with Gasteiger partial charge in [0.15, 0.2) is 5.11 Å². The van der Waals surface area contributed by atoms with E-state index in [0.717, 1.165) is 10.8 Å². The highest BCUT2D eigenvalue weighted by Gasteiger charge is 2.21. The van der Waals surface area contributed by atoms with Gasteiger partial charge in [-0.25, -0.2) is 0 Å². The van der Waals surface area contributed by atoms with Gasteiger partial charge in [0.05, 0.1) is 0 Å². The quantitative estimate of drug-likeness (QED) is 0.749. The smallest absolute Gasteiger partial charge is 0.171 e. The van der Waals surface area contributed by atoms with Crippen LogP contribution in [-0.4, -0.2) is 11.2 Å². The molecule has 2 N–H and O–H groups in total. The van der Waals surface area contributed by atoms with Crippen LogP contribution in [0.4, 0.5) is 5.69 Å². The topological polar surface area (TPSA) is 24.1 Å². The van der Waals surface area contributed by atoms with Gasteiger partial charge in [0.1, 0.15) is 0 Å². The van der Waals surface area contributed by atoms with Crippen molar-refractivity contribution in [3.63, 3.8) is 0 Å². The first-order valence-electron chi connectivity index (χ1n) is 5.30. The predicted molar refractivity (Wildman–Crippen MR) is 68.3 cm³/mol. The van der Waals surface area contributed by atoms with Crippen LogP contribution in [0.1, 0.15) is 24.0 Å². The number of rotatable bonds is 2. The third kappa shape index (κ3) is 2.93. The number of thiocarbonyl (C=S) groups is 1. The van der Waals surface area contributed by atoms with E-state index in [2.05, 4.69) is 42.7 Å². The number of anilines is 1. The lowest BCUT2D eigenvalue weighted by Gasteiger charge is -2.12. The molecule has 0 aliphatic heterocycles. The Kier molecular flexibility index (Phi) is 2.91. The summed E-state index contributed by atoms with van der Waals surface area (Å²) in [7, 11) is 0. The van der Waals surface area contributed by atoms with Gasteiger partial charge in [-0.15, -0.1) is 0 Å². The van der Waals surface area contributed by atoms with E-state index in [9.17, 15) is 0 Å². The van der Waals surface area contributed by atoms with Crippen molar-refractivity contribution in [2.24, 2.45) is 0 Å². The minimum absolute atomic E-state index is 0.607. The molecule has 0 atom stereocenters. The molecule has 0 radical (unpaired) electrons. The lowest BCUT2D eigenvalue weighted by atomic mass is 10.1. The summed E-state index contributed by atoms with van der Waals surface area (Å²) in [5.74, 6) is 0. The maximum absolute atomic E-state index is 5.23. The Morgan fingerprint density at radius 3 is 2.73 bits per heavy atom. The summed E-state index contributed by atoms with van der Waals surface area (Å²) >= 11 is 5.23. The Morgan fingerprint density at radius 1 is 1.33 bits per heavy atom. The molecule has 0 unspecified atom stereocenters. The minimum Gasteiger partial charge on any atom is -0.360 e. The molecule has 1 saturated carbocycles. The average molecular weight is 220 g/mol. The molecular weight excluding hydrogens is 204 g/mol. The molecule has 1 aliphatic carbocycles. The van der Waals surface area contributed by atoms with Crippen LogP contribution in [-0.2, 0) is 0 Å². The van der Waals surface area contributed by atoms with Gasteiger partial charge in [0, 0.05) is 11.7 Å². The largest absolute Gasteiger partial charge is 0.360 e. The molecule has 1 aliphatic rings. The summed E-state index contributed by atoms with van der Waals surface area (Å²) in [4.78, 5) is 0. The number of hydrogen-bond acceptors (Lipinski definition) is 1. The molecule has 3 heteroatoms. The molecule has 1 aromatic rings. The van der Waals surface area contributed by atoms with Gasteiger partial charge in [-0.2, -0.15) is 0 Å². The molecule has 0 bridgehead atoms. The van der Waals surface area contributed by atoms with E-state index in [-0.39, 0.29) is 0 Å². The zero-order valence-electron chi connectivity index (χ0n) is 9.13. The van der Waals surface area contributed by atoms with E-state index in [1.54, 1.807) is 0 Å². The van der Waals surface area contributed by atoms with Crippen molar-refractivity contribution in [1.29, 1.82) is 0 Å². The second kappa shape index (κ2) is 4.19. The Hall–Kier alpha value is -1.09. The third-order valence-electron chi connectivity index (χ3n) is 2.55. The van der Waals surface area contributed by atoms with Crippen molar-refractivity contribution in [3.05, 3.63) is 29.3 Å². The zero-order valence-corrected chi connectivity index (χ0v) is 9.95. The first kappa shape index (κ1) is 10.4. The molecule has 1 fully saturated rings. The number of benzene rings is 1. The Labute approximate surface area is 96.1 Å². The zero-order chi connectivity index (χ0) is 10.8. The van der Waals surface area contributed by atoms with Crippen LogP contribution in [0.2, 0.25) is 0 Å². The fraction of sp³-hybridized carbons (Fsp3) is 0.417. The summed E-state index contributed by atoms with van der Waals surface area (Å²) in [6.07, 6.45) is 2.49. The molecule has 15 heavy (non-hydrogen) atoms. The van der Waals surface area contributed by atoms with Crippen molar-refractivity contribution >= 4 is 23.0 Å². The van der Waals surface area contributed by atoms with Crippen molar-refractivity contribution < 1.29 is 0 Å². The first-order chi connectivity index (χ1) is 7.15. The summed E-state index contributed by atoms with van der Waals surface area (Å²) in [5, 5.41) is 7.25. The number of aryl methyl sites for hydroxylation is 2. The van der Waals surface area contributed by atoms with Crippen LogP contribution in [0.3, 0.4) is 0 Å². The van der Waals surface area contributed by atoms with Crippen LogP contribution < -0.4 is 10.6 Å². The second-order valence-electron chi connectivity index (χ2n) is 4.19. The van der Waals surface area contributed by atoms with E-state index in [1.165, 1.54) is 24.0 Å². The van der Waals surface area contributed by atoms with Gasteiger partial charge in [0.25, 0.3) is 0 Å². The fourth-order valence-electron chi connectivity index (χ4n) is 1.44. The lowest BCUT2D eigenvalue weighted by Crippen LogP contribution is -2.30. The summed E-state index contributed by atoms with van der Waals surface area (Å²) < 4.78 is 0. The van der Waals surface area contributed by atoms with E-state index < -0.39 is 0 Å². The van der Waals surface area contributed by atoms with Crippen molar-refractivity contribution in [3.8, 4) is 0 Å². The molecule has 2 rings (SSSR count). The van der Waals surface area contributed by atoms with E-state index >= 15 is 0 Å². The fourth-order valence-corrected chi connectivity index (χ4v) is 1.72. The average Bonchev–Trinajstić information content (AvgIpc) is 2.95. The van der Waals surface area contributed by atoms with Gasteiger partial charge in [-0.05, 0) is 56.1 Å². The molecule has 0 heterocycles. The summed E-state index contributed by atoms with van der Waals surface area (Å²) in [5.41, 5.74) is 3.58. The van der Waals surface area contributed by atoms with Crippen LogP contribution in [0.5, 0.6) is 0 Å². The Balaban J connectivity index is 2.01. The van der Waals surface area contributed by atoms with Crippen molar-refractivity contribution in [1.82, 2.24) is 5.32 Å². The lowest BCUT2D eigenvalue weighted by molar-refractivity contribution is 0.919. The second-order valence-corrected chi connectivity index (χ2v) is 4.60. The highest BCUT2D eigenvalue weighted by Crippen LogP contribution is 2.20. The SMILES string of the molecule is Cc1ccc(C)c(NC(=S)NC2CC2)c1. The van der Waals surface area contributed by atoms with Gasteiger partial charge in [-0.1, -0.05) is 12.1 Å². The molecule has 0 saturated heterocycles. The van der Waals surface area contributed by atoms with Gasteiger partial charge in [-0.3, -0.25) is 0 Å². The summed E-state index contributed by atoms with van der Waals surface area (Å²) in [6.45, 7) is 4.17. The molecular formula is C12H16N2S. The summed E-state index contributed by atoms with van der Waals surface area (Å²) in [6, 6.07) is 6.95. The molecule has 1 aromatic carbocycles.